The first-order valence-electron chi connectivity index (χ1n) is 8.92. The van der Waals surface area contributed by atoms with E-state index in [1.165, 1.54) is 16.2 Å². The molecule has 1 aliphatic rings. The van der Waals surface area contributed by atoms with E-state index in [4.69, 9.17) is 9.15 Å². The first kappa shape index (κ1) is 17.6. The largest absolute Gasteiger partial charge is 0.497 e. The van der Waals surface area contributed by atoms with E-state index in [-0.39, 0.29) is 11.2 Å². The number of para-hydroxylation sites is 1. The number of benzene rings is 2. The summed E-state index contributed by atoms with van der Waals surface area (Å²) < 4.78 is 11.1. The summed E-state index contributed by atoms with van der Waals surface area (Å²) in [5, 5.41) is 9.76. The van der Waals surface area contributed by atoms with Crippen LogP contribution in [0.1, 0.15) is 32.7 Å². The van der Waals surface area contributed by atoms with E-state index in [1.54, 1.807) is 43.5 Å². The zero-order chi connectivity index (χ0) is 20.1. The van der Waals surface area contributed by atoms with Crippen molar-refractivity contribution in [3.05, 3.63) is 80.6 Å². The predicted molar refractivity (Wildman–Crippen MR) is 109 cm³/mol. The van der Waals surface area contributed by atoms with Gasteiger partial charge in [-0.2, -0.15) is 0 Å². The minimum atomic E-state index is -0.656. The Morgan fingerprint density at radius 3 is 2.52 bits per heavy atom. The van der Waals surface area contributed by atoms with Crippen molar-refractivity contribution in [1.82, 2.24) is 10.2 Å². The van der Waals surface area contributed by atoms with E-state index in [0.29, 0.717) is 27.4 Å². The second-order valence-corrected chi connectivity index (χ2v) is 7.78. The van der Waals surface area contributed by atoms with Gasteiger partial charge >= 0.3 is 0 Å². The average Bonchev–Trinajstić information content (AvgIpc) is 3.29. The number of rotatable bonds is 3. The van der Waals surface area contributed by atoms with Gasteiger partial charge < -0.3 is 9.15 Å². The van der Waals surface area contributed by atoms with Crippen LogP contribution in [0.3, 0.4) is 0 Å². The first-order chi connectivity index (χ1) is 14.1. The molecule has 0 saturated heterocycles. The second-order valence-electron chi connectivity index (χ2n) is 6.62. The monoisotopic (exact) mass is 405 g/mol. The minimum Gasteiger partial charge on any atom is -0.497 e. The van der Waals surface area contributed by atoms with Crippen LogP contribution in [0.2, 0.25) is 0 Å². The number of carbonyl (C=O) groups is 1. The van der Waals surface area contributed by atoms with E-state index in [1.807, 2.05) is 19.1 Å². The van der Waals surface area contributed by atoms with Crippen molar-refractivity contribution in [2.24, 2.45) is 0 Å². The lowest BCUT2D eigenvalue weighted by atomic mass is 9.98. The summed E-state index contributed by atoms with van der Waals surface area (Å²) in [4.78, 5) is 28.2. The number of nitrogens with zero attached hydrogens (tertiary/aromatic N) is 3. The SMILES string of the molecule is COc1ccc([C@H]2c3c(oc4ccccc4c3=O)C(=O)N2c2nnc(C)s2)cc1. The third kappa shape index (κ3) is 2.64. The Hall–Kier alpha value is -3.52. The lowest BCUT2D eigenvalue weighted by Crippen LogP contribution is -2.29. The summed E-state index contributed by atoms with van der Waals surface area (Å²) in [5.74, 6) is 0.323. The smallest absolute Gasteiger partial charge is 0.297 e. The molecule has 3 heterocycles. The molecule has 1 atom stereocenters. The fourth-order valence-electron chi connectivity index (χ4n) is 3.60. The van der Waals surface area contributed by atoms with Crippen molar-refractivity contribution < 1.29 is 13.9 Å². The number of anilines is 1. The Labute approximate surface area is 169 Å². The molecule has 2 aromatic heterocycles. The van der Waals surface area contributed by atoms with Gasteiger partial charge in [-0.25, -0.2) is 0 Å². The molecule has 2 aromatic carbocycles. The molecule has 8 heteroatoms. The highest BCUT2D eigenvalue weighted by atomic mass is 32.1. The van der Waals surface area contributed by atoms with Gasteiger partial charge in [0.15, 0.2) is 5.43 Å². The van der Waals surface area contributed by atoms with E-state index < -0.39 is 11.9 Å². The Kier molecular flexibility index (Phi) is 3.95. The summed E-state index contributed by atoms with van der Waals surface area (Å²) in [5.41, 5.74) is 1.23. The molecule has 144 valence electrons. The Balaban J connectivity index is 1.79. The van der Waals surface area contributed by atoms with Gasteiger partial charge in [0.2, 0.25) is 10.9 Å². The van der Waals surface area contributed by atoms with Crippen molar-refractivity contribution in [2.45, 2.75) is 13.0 Å². The van der Waals surface area contributed by atoms with Crippen LogP contribution >= 0.6 is 11.3 Å². The van der Waals surface area contributed by atoms with Gasteiger partial charge in [-0.05, 0) is 36.8 Å². The molecule has 5 rings (SSSR count). The molecular formula is C21H15N3O4S. The van der Waals surface area contributed by atoms with Gasteiger partial charge in [-0.15, -0.1) is 10.2 Å². The van der Waals surface area contributed by atoms with Crippen LogP contribution in [0.5, 0.6) is 5.75 Å². The Morgan fingerprint density at radius 2 is 1.83 bits per heavy atom. The molecule has 0 unspecified atom stereocenters. The molecule has 7 nitrogen and oxygen atoms in total. The highest BCUT2D eigenvalue weighted by Crippen LogP contribution is 2.42. The van der Waals surface area contributed by atoms with E-state index in [0.717, 1.165) is 10.6 Å². The van der Waals surface area contributed by atoms with Gasteiger partial charge in [0.05, 0.1) is 24.1 Å². The minimum absolute atomic E-state index is 0.0439. The maximum absolute atomic E-state index is 13.4. The molecule has 4 aromatic rings. The van der Waals surface area contributed by atoms with Gasteiger partial charge in [0.1, 0.15) is 16.3 Å². The lowest BCUT2D eigenvalue weighted by Gasteiger charge is -2.22. The third-order valence-corrected chi connectivity index (χ3v) is 5.77. The summed E-state index contributed by atoms with van der Waals surface area (Å²) in [6.07, 6.45) is 0. The molecular weight excluding hydrogens is 390 g/mol. The number of aromatic nitrogens is 2. The predicted octanol–water partition coefficient (Wildman–Crippen LogP) is 3.71. The molecule has 0 fully saturated rings. The van der Waals surface area contributed by atoms with Crippen LogP contribution in [-0.2, 0) is 0 Å². The highest BCUT2D eigenvalue weighted by Gasteiger charge is 2.45. The van der Waals surface area contributed by atoms with Crippen molar-refractivity contribution in [2.75, 3.05) is 12.0 Å². The van der Waals surface area contributed by atoms with Crippen molar-refractivity contribution >= 4 is 33.3 Å². The molecule has 0 saturated carbocycles. The maximum atomic E-state index is 13.4. The van der Waals surface area contributed by atoms with Crippen molar-refractivity contribution in [1.29, 1.82) is 0 Å². The highest BCUT2D eigenvalue weighted by molar-refractivity contribution is 7.15. The quantitative estimate of drug-likeness (QED) is 0.517. The number of amides is 1. The Bertz CT molecular complexity index is 1310. The number of hydrogen-bond acceptors (Lipinski definition) is 7. The van der Waals surface area contributed by atoms with E-state index >= 15 is 0 Å². The second kappa shape index (κ2) is 6.52. The molecule has 1 aliphatic heterocycles. The third-order valence-electron chi connectivity index (χ3n) is 4.93. The summed E-state index contributed by atoms with van der Waals surface area (Å²) in [7, 11) is 1.58. The normalized spacial score (nSPS) is 15.7. The molecule has 29 heavy (non-hydrogen) atoms. The molecule has 0 bridgehead atoms. The van der Waals surface area contributed by atoms with Crippen LogP contribution < -0.4 is 15.1 Å². The number of carbonyl (C=O) groups excluding carboxylic acids is 1. The van der Waals surface area contributed by atoms with Gasteiger partial charge in [-0.1, -0.05) is 35.6 Å². The summed E-state index contributed by atoms with van der Waals surface area (Å²) in [6, 6.07) is 13.5. The fraction of sp³-hybridized carbons (Fsp3) is 0.143. The maximum Gasteiger partial charge on any atom is 0.297 e. The molecule has 0 spiro atoms. The fourth-order valence-corrected chi connectivity index (χ4v) is 4.32. The lowest BCUT2D eigenvalue weighted by molar-refractivity contribution is 0.0970. The van der Waals surface area contributed by atoms with Crippen LogP contribution in [0.25, 0.3) is 11.0 Å². The molecule has 0 radical (unpaired) electrons. The topological polar surface area (TPSA) is 85.5 Å². The zero-order valence-corrected chi connectivity index (χ0v) is 16.4. The van der Waals surface area contributed by atoms with Crippen molar-refractivity contribution in [3.8, 4) is 5.75 Å². The van der Waals surface area contributed by atoms with Gasteiger partial charge in [-0.3, -0.25) is 14.5 Å². The number of aryl methyl sites for hydroxylation is 1. The molecule has 0 aliphatic carbocycles. The van der Waals surface area contributed by atoms with Gasteiger partial charge in [0.25, 0.3) is 5.91 Å². The number of methoxy groups -OCH3 is 1. The van der Waals surface area contributed by atoms with Crippen LogP contribution in [0, 0.1) is 6.92 Å². The average molecular weight is 405 g/mol. The van der Waals surface area contributed by atoms with E-state index in [2.05, 4.69) is 10.2 Å². The van der Waals surface area contributed by atoms with Crippen LogP contribution in [-0.4, -0.2) is 23.2 Å². The summed E-state index contributed by atoms with van der Waals surface area (Å²) in [6.45, 7) is 1.81. The number of hydrogen-bond donors (Lipinski definition) is 0. The zero-order valence-electron chi connectivity index (χ0n) is 15.6. The summed E-state index contributed by atoms with van der Waals surface area (Å²) >= 11 is 1.29. The van der Waals surface area contributed by atoms with Crippen LogP contribution in [0.4, 0.5) is 5.13 Å². The molecule has 1 amide bonds. The Morgan fingerprint density at radius 1 is 1.07 bits per heavy atom. The van der Waals surface area contributed by atoms with E-state index in [9.17, 15) is 9.59 Å². The number of fused-ring (bicyclic) bond motifs is 2. The standard InChI is InChI=1S/C21H15N3O4S/c1-11-22-23-21(29-11)24-17(12-7-9-13(27-2)10-8-12)16-18(25)14-5-3-4-6-15(14)28-19(16)20(24)26/h3-10,17H,1-2H3/t17-/m0/s1. The molecule has 0 N–H and O–H groups in total. The number of ether oxygens (including phenoxy) is 1. The van der Waals surface area contributed by atoms with Gasteiger partial charge in [0, 0.05) is 0 Å². The van der Waals surface area contributed by atoms with Crippen molar-refractivity contribution in [3.63, 3.8) is 0 Å². The first-order valence-corrected chi connectivity index (χ1v) is 9.73. The van der Waals surface area contributed by atoms with Crippen LogP contribution in [0.15, 0.2) is 57.7 Å².